The van der Waals surface area contributed by atoms with Crippen molar-refractivity contribution >= 4 is 27.5 Å². The standard InChI is InChI=1S/C14H11BrClF2N/c1-19-14(10-4-3-9(17)7-12(10)16)11-6-8(15)2-5-13(11)18/h2-7,14,19H,1H3. The van der Waals surface area contributed by atoms with E-state index in [1.807, 2.05) is 0 Å². The van der Waals surface area contributed by atoms with Gasteiger partial charge in [0.25, 0.3) is 0 Å². The predicted molar refractivity (Wildman–Crippen MR) is 76.4 cm³/mol. The molecule has 0 aromatic heterocycles. The maximum atomic E-state index is 13.9. The summed E-state index contributed by atoms with van der Waals surface area (Å²) in [4.78, 5) is 0. The lowest BCUT2D eigenvalue weighted by atomic mass is 9.98. The van der Waals surface area contributed by atoms with Crippen LogP contribution in [0.4, 0.5) is 8.78 Å². The van der Waals surface area contributed by atoms with Crippen molar-refractivity contribution in [3.8, 4) is 0 Å². The summed E-state index contributed by atoms with van der Waals surface area (Å²) in [7, 11) is 1.70. The average molecular weight is 347 g/mol. The van der Waals surface area contributed by atoms with Crippen molar-refractivity contribution in [2.45, 2.75) is 6.04 Å². The highest BCUT2D eigenvalue weighted by Gasteiger charge is 2.19. The minimum Gasteiger partial charge on any atom is -0.309 e. The van der Waals surface area contributed by atoms with Crippen LogP contribution in [-0.4, -0.2) is 7.05 Å². The van der Waals surface area contributed by atoms with Gasteiger partial charge in [-0.1, -0.05) is 33.6 Å². The Labute approximate surface area is 123 Å². The number of halogens is 4. The van der Waals surface area contributed by atoms with E-state index < -0.39 is 11.9 Å². The SMILES string of the molecule is CNC(c1cc(Br)ccc1F)c1ccc(F)cc1Cl. The van der Waals surface area contributed by atoms with E-state index in [9.17, 15) is 8.78 Å². The molecule has 1 unspecified atom stereocenters. The minimum absolute atomic E-state index is 0.263. The zero-order valence-electron chi connectivity index (χ0n) is 10.1. The summed E-state index contributed by atoms with van der Waals surface area (Å²) in [6.07, 6.45) is 0. The predicted octanol–water partition coefficient (Wildman–Crippen LogP) is 4.69. The smallest absolute Gasteiger partial charge is 0.128 e. The molecule has 0 aliphatic carbocycles. The fourth-order valence-electron chi connectivity index (χ4n) is 1.95. The first-order valence-corrected chi connectivity index (χ1v) is 6.77. The van der Waals surface area contributed by atoms with Gasteiger partial charge in [0.1, 0.15) is 11.6 Å². The molecule has 5 heteroatoms. The lowest BCUT2D eigenvalue weighted by molar-refractivity contribution is 0.574. The van der Waals surface area contributed by atoms with Crippen LogP contribution in [0.1, 0.15) is 17.2 Å². The third-order valence-electron chi connectivity index (χ3n) is 2.83. The Morgan fingerprint density at radius 3 is 2.47 bits per heavy atom. The van der Waals surface area contributed by atoms with E-state index in [2.05, 4.69) is 21.2 Å². The van der Waals surface area contributed by atoms with E-state index in [1.165, 1.54) is 18.2 Å². The number of hydrogen-bond donors (Lipinski definition) is 1. The lowest BCUT2D eigenvalue weighted by Gasteiger charge is -2.19. The van der Waals surface area contributed by atoms with E-state index in [1.54, 1.807) is 25.2 Å². The van der Waals surface area contributed by atoms with Crippen LogP contribution < -0.4 is 5.32 Å². The molecule has 2 aromatic carbocycles. The molecule has 1 nitrogen and oxygen atoms in total. The van der Waals surface area contributed by atoms with Gasteiger partial charge in [0.15, 0.2) is 0 Å². The quantitative estimate of drug-likeness (QED) is 0.850. The maximum Gasteiger partial charge on any atom is 0.128 e. The van der Waals surface area contributed by atoms with Crippen molar-refractivity contribution in [2.24, 2.45) is 0 Å². The topological polar surface area (TPSA) is 12.0 Å². The monoisotopic (exact) mass is 345 g/mol. The summed E-state index contributed by atoms with van der Waals surface area (Å²) < 4.78 is 27.8. The fourth-order valence-corrected chi connectivity index (χ4v) is 2.61. The van der Waals surface area contributed by atoms with Crippen molar-refractivity contribution in [1.82, 2.24) is 5.32 Å². The van der Waals surface area contributed by atoms with Gasteiger partial charge in [-0.15, -0.1) is 0 Å². The van der Waals surface area contributed by atoms with Crippen molar-refractivity contribution in [3.05, 3.63) is 68.7 Å². The summed E-state index contributed by atoms with van der Waals surface area (Å²) in [5.74, 6) is -0.763. The average Bonchev–Trinajstić information content (AvgIpc) is 2.36. The van der Waals surface area contributed by atoms with Crippen LogP contribution >= 0.6 is 27.5 Å². The Kier molecular flexibility index (Phi) is 4.55. The Hall–Kier alpha value is -0.970. The third-order valence-corrected chi connectivity index (χ3v) is 3.65. The van der Waals surface area contributed by atoms with Crippen LogP contribution in [0.5, 0.6) is 0 Å². The highest BCUT2D eigenvalue weighted by atomic mass is 79.9. The fraction of sp³-hybridized carbons (Fsp3) is 0.143. The molecule has 0 heterocycles. The molecule has 0 bridgehead atoms. The largest absolute Gasteiger partial charge is 0.309 e. The minimum atomic E-state index is -0.439. The van der Waals surface area contributed by atoms with Gasteiger partial charge in [0.2, 0.25) is 0 Å². The van der Waals surface area contributed by atoms with E-state index in [0.29, 0.717) is 11.1 Å². The lowest BCUT2D eigenvalue weighted by Crippen LogP contribution is -2.19. The third kappa shape index (κ3) is 3.14. The Balaban J connectivity index is 2.52. The molecule has 0 saturated carbocycles. The van der Waals surface area contributed by atoms with Crippen LogP contribution in [0.3, 0.4) is 0 Å². The van der Waals surface area contributed by atoms with Gasteiger partial charge in [0, 0.05) is 15.1 Å². The molecular formula is C14H11BrClF2N. The first kappa shape index (κ1) is 14.4. The van der Waals surface area contributed by atoms with Crippen LogP contribution in [0.15, 0.2) is 40.9 Å². The molecule has 2 rings (SSSR count). The van der Waals surface area contributed by atoms with Crippen molar-refractivity contribution in [3.63, 3.8) is 0 Å². The highest BCUT2D eigenvalue weighted by molar-refractivity contribution is 9.10. The number of rotatable bonds is 3. The van der Waals surface area contributed by atoms with Gasteiger partial charge >= 0.3 is 0 Å². The molecule has 1 N–H and O–H groups in total. The van der Waals surface area contributed by atoms with Crippen LogP contribution in [0, 0.1) is 11.6 Å². The van der Waals surface area contributed by atoms with Crippen molar-refractivity contribution in [1.29, 1.82) is 0 Å². The van der Waals surface area contributed by atoms with E-state index in [-0.39, 0.29) is 10.8 Å². The van der Waals surface area contributed by atoms with Gasteiger partial charge in [-0.3, -0.25) is 0 Å². The molecule has 1 atom stereocenters. The Morgan fingerprint density at radius 2 is 1.84 bits per heavy atom. The molecule has 2 aromatic rings. The van der Waals surface area contributed by atoms with Gasteiger partial charge in [-0.25, -0.2) is 8.78 Å². The van der Waals surface area contributed by atoms with Gasteiger partial charge in [-0.05, 0) is 42.9 Å². The summed E-state index contributed by atoms with van der Waals surface area (Å²) in [5, 5.41) is 3.26. The van der Waals surface area contributed by atoms with E-state index in [0.717, 1.165) is 4.47 Å². The van der Waals surface area contributed by atoms with Crippen LogP contribution in [0.25, 0.3) is 0 Å². The molecule has 0 aliphatic heterocycles. The normalized spacial score (nSPS) is 12.5. The Bertz CT molecular complexity index is 604. The second-order valence-corrected chi connectivity index (χ2v) is 5.38. The molecule has 0 spiro atoms. The first-order valence-electron chi connectivity index (χ1n) is 5.60. The molecular weight excluding hydrogens is 336 g/mol. The van der Waals surface area contributed by atoms with Crippen molar-refractivity contribution < 1.29 is 8.78 Å². The van der Waals surface area contributed by atoms with Crippen molar-refractivity contribution in [2.75, 3.05) is 7.05 Å². The molecule has 0 saturated heterocycles. The molecule has 0 radical (unpaired) electrons. The zero-order chi connectivity index (χ0) is 14.0. The van der Waals surface area contributed by atoms with Crippen LogP contribution in [-0.2, 0) is 0 Å². The van der Waals surface area contributed by atoms with Crippen LogP contribution in [0.2, 0.25) is 5.02 Å². The van der Waals surface area contributed by atoms with Gasteiger partial charge in [-0.2, -0.15) is 0 Å². The number of nitrogens with one attached hydrogen (secondary N) is 1. The first-order chi connectivity index (χ1) is 9.02. The summed E-state index contributed by atoms with van der Waals surface area (Å²) in [6, 6.07) is 8.32. The molecule has 0 aliphatic rings. The molecule has 19 heavy (non-hydrogen) atoms. The highest BCUT2D eigenvalue weighted by Crippen LogP contribution is 2.31. The number of hydrogen-bond acceptors (Lipinski definition) is 1. The van der Waals surface area contributed by atoms with E-state index >= 15 is 0 Å². The van der Waals surface area contributed by atoms with E-state index in [4.69, 9.17) is 11.6 Å². The molecule has 100 valence electrons. The Morgan fingerprint density at radius 1 is 1.11 bits per heavy atom. The zero-order valence-corrected chi connectivity index (χ0v) is 12.4. The summed E-state index contributed by atoms with van der Waals surface area (Å²) >= 11 is 9.34. The maximum absolute atomic E-state index is 13.9. The molecule has 0 amide bonds. The van der Waals surface area contributed by atoms with Gasteiger partial charge < -0.3 is 5.32 Å². The number of benzene rings is 2. The second-order valence-electron chi connectivity index (χ2n) is 4.05. The summed E-state index contributed by atoms with van der Waals surface area (Å²) in [6.45, 7) is 0. The summed E-state index contributed by atoms with van der Waals surface area (Å²) in [5.41, 5.74) is 1.08. The molecule has 0 fully saturated rings. The second kappa shape index (κ2) is 5.99. The van der Waals surface area contributed by atoms with Gasteiger partial charge in [0.05, 0.1) is 6.04 Å².